The third-order valence-electron chi connectivity index (χ3n) is 8.11. The summed E-state index contributed by atoms with van der Waals surface area (Å²) in [5, 5.41) is 5.61. The number of fused-ring (bicyclic) bond motifs is 1. The molecule has 1 aliphatic heterocycles. The Kier molecular flexibility index (Phi) is 6.43. The molecule has 0 saturated carbocycles. The van der Waals surface area contributed by atoms with Crippen LogP contribution >= 0.6 is 0 Å². The van der Waals surface area contributed by atoms with Crippen LogP contribution < -0.4 is 5.56 Å². The lowest BCUT2D eigenvalue weighted by molar-refractivity contribution is 0.413. The van der Waals surface area contributed by atoms with Crippen molar-refractivity contribution in [2.75, 3.05) is 13.1 Å². The SMILES string of the molecule is Cc1cc2c(cnn2-c2ccc(=O)n(C)c2)cc1C1(Cc2ccccc2)CCN(S(=O)(=O)c2cnccc2C)C1. The molecular formula is C31H31N5O3S. The van der Waals surface area contributed by atoms with E-state index in [4.69, 9.17) is 0 Å². The second-order valence-corrected chi connectivity index (χ2v) is 12.7. The smallest absolute Gasteiger partial charge is 0.250 e. The van der Waals surface area contributed by atoms with Crippen LogP contribution in [0.1, 0.15) is 28.7 Å². The van der Waals surface area contributed by atoms with Gasteiger partial charge in [-0.2, -0.15) is 9.40 Å². The summed E-state index contributed by atoms with van der Waals surface area (Å²) in [6, 6.07) is 19.6. The number of aromatic nitrogens is 4. The van der Waals surface area contributed by atoms with Gasteiger partial charge in [-0.05, 0) is 73.2 Å². The number of pyridine rings is 2. The van der Waals surface area contributed by atoms with Crippen molar-refractivity contribution >= 4 is 20.9 Å². The number of aryl methyl sites for hydroxylation is 3. The molecule has 1 unspecified atom stereocenters. The summed E-state index contributed by atoms with van der Waals surface area (Å²) in [4.78, 5) is 16.3. The van der Waals surface area contributed by atoms with Crippen LogP contribution in [0.5, 0.6) is 0 Å². The number of rotatable bonds is 6. The molecule has 0 spiro atoms. The van der Waals surface area contributed by atoms with E-state index in [0.717, 1.165) is 27.7 Å². The second-order valence-electron chi connectivity index (χ2n) is 10.8. The van der Waals surface area contributed by atoms with E-state index in [0.29, 0.717) is 31.5 Å². The predicted molar refractivity (Wildman–Crippen MR) is 155 cm³/mol. The Morgan fingerprint density at radius 1 is 0.975 bits per heavy atom. The minimum absolute atomic E-state index is 0.0799. The highest BCUT2D eigenvalue weighted by Gasteiger charge is 2.45. The molecule has 3 aromatic heterocycles. The summed E-state index contributed by atoms with van der Waals surface area (Å²) < 4.78 is 32.6. The van der Waals surface area contributed by atoms with Crippen molar-refractivity contribution in [1.29, 1.82) is 0 Å². The first-order valence-corrected chi connectivity index (χ1v) is 14.7. The van der Waals surface area contributed by atoms with Crippen LogP contribution in [0.4, 0.5) is 0 Å². The maximum atomic E-state index is 13.8. The van der Waals surface area contributed by atoms with Crippen LogP contribution in [0.3, 0.4) is 0 Å². The van der Waals surface area contributed by atoms with Crippen molar-refractivity contribution in [3.63, 3.8) is 0 Å². The van der Waals surface area contributed by atoms with Crippen molar-refractivity contribution in [3.8, 4) is 5.69 Å². The molecule has 0 aliphatic carbocycles. The van der Waals surface area contributed by atoms with Crippen LogP contribution in [0.15, 0.2) is 95.1 Å². The number of sulfonamides is 1. The molecule has 6 rings (SSSR count). The Bertz CT molecular complexity index is 1900. The fraction of sp³-hybridized carbons (Fsp3) is 0.258. The Morgan fingerprint density at radius 2 is 1.77 bits per heavy atom. The van der Waals surface area contributed by atoms with E-state index < -0.39 is 15.4 Å². The van der Waals surface area contributed by atoms with Gasteiger partial charge in [0.15, 0.2) is 0 Å². The van der Waals surface area contributed by atoms with Crippen LogP contribution in [0.2, 0.25) is 0 Å². The normalized spacial score (nSPS) is 18.0. The molecule has 5 aromatic rings. The minimum atomic E-state index is -3.71. The maximum absolute atomic E-state index is 13.8. The van der Waals surface area contributed by atoms with Gasteiger partial charge in [-0.15, -0.1) is 0 Å². The number of hydrogen-bond donors (Lipinski definition) is 0. The monoisotopic (exact) mass is 553 g/mol. The molecule has 0 bridgehead atoms. The van der Waals surface area contributed by atoms with E-state index in [2.05, 4.69) is 41.3 Å². The predicted octanol–water partition coefficient (Wildman–Crippen LogP) is 4.31. The van der Waals surface area contributed by atoms with E-state index in [-0.39, 0.29) is 10.5 Å². The zero-order chi connectivity index (χ0) is 28.1. The molecule has 8 nitrogen and oxygen atoms in total. The number of hydrogen-bond acceptors (Lipinski definition) is 5. The molecule has 204 valence electrons. The minimum Gasteiger partial charge on any atom is -0.316 e. The molecular weight excluding hydrogens is 522 g/mol. The number of nitrogens with zero attached hydrogens (tertiary/aromatic N) is 5. The van der Waals surface area contributed by atoms with Gasteiger partial charge < -0.3 is 4.57 Å². The van der Waals surface area contributed by atoms with Gasteiger partial charge in [-0.25, -0.2) is 13.1 Å². The van der Waals surface area contributed by atoms with Crippen LogP contribution in [-0.4, -0.2) is 45.1 Å². The molecule has 2 aromatic carbocycles. The summed E-state index contributed by atoms with van der Waals surface area (Å²) in [5.74, 6) is 0. The average Bonchev–Trinajstić information content (AvgIpc) is 3.56. The van der Waals surface area contributed by atoms with E-state index in [1.807, 2.05) is 36.0 Å². The molecule has 1 saturated heterocycles. The third-order valence-corrected chi connectivity index (χ3v) is 10.1. The van der Waals surface area contributed by atoms with E-state index in [1.165, 1.54) is 22.4 Å². The highest BCUT2D eigenvalue weighted by molar-refractivity contribution is 7.89. The van der Waals surface area contributed by atoms with Crippen LogP contribution in [-0.2, 0) is 28.9 Å². The van der Waals surface area contributed by atoms with Gasteiger partial charge in [0.2, 0.25) is 15.6 Å². The lowest BCUT2D eigenvalue weighted by Crippen LogP contribution is -2.37. The second kappa shape index (κ2) is 9.83. The van der Waals surface area contributed by atoms with Crippen LogP contribution in [0.25, 0.3) is 16.6 Å². The van der Waals surface area contributed by atoms with Gasteiger partial charge in [-0.1, -0.05) is 30.3 Å². The molecule has 1 atom stereocenters. The first-order valence-electron chi connectivity index (χ1n) is 13.3. The van der Waals surface area contributed by atoms with Crippen molar-refractivity contribution in [2.24, 2.45) is 7.05 Å². The summed E-state index contributed by atoms with van der Waals surface area (Å²) in [7, 11) is -1.99. The van der Waals surface area contributed by atoms with E-state index in [9.17, 15) is 13.2 Å². The Labute approximate surface area is 233 Å². The Hall–Kier alpha value is -4.08. The highest BCUT2D eigenvalue weighted by atomic mass is 32.2. The van der Waals surface area contributed by atoms with Gasteiger partial charge >= 0.3 is 0 Å². The summed E-state index contributed by atoms with van der Waals surface area (Å²) in [6.07, 6.45) is 8.09. The first kappa shape index (κ1) is 26.2. The fourth-order valence-corrected chi connectivity index (χ4v) is 7.70. The van der Waals surface area contributed by atoms with Gasteiger partial charge in [0.1, 0.15) is 4.90 Å². The average molecular weight is 554 g/mol. The lowest BCUT2D eigenvalue weighted by atomic mass is 9.73. The molecule has 9 heteroatoms. The van der Waals surface area contributed by atoms with Crippen molar-refractivity contribution in [3.05, 3.63) is 118 Å². The molecule has 1 fully saturated rings. The van der Waals surface area contributed by atoms with Gasteiger partial charge in [0.25, 0.3) is 0 Å². The van der Waals surface area contributed by atoms with Gasteiger partial charge in [-0.3, -0.25) is 9.78 Å². The summed E-state index contributed by atoms with van der Waals surface area (Å²) in [6.45, 7) is 4.70. The topological polar surface area (TPSA) is 90.1 Å². The van der Waals surface area contributed by atoms with Crippen molar-refractivity contribution in [1.82, 2.24) is 23.6 Å². The largest absolute Gasteiger partial charge is 0.316 e. The Morgan fingerprint density at radius 3 is 2.52 bits per heavy atom. The molecule has 0 radical (unpaired) electrons. The molecule has 1 aliphatic rings. The highest BCUT2D eigenvalue weighted by Crippen LogP contribution is 2.42. The Balaban J connectivity index is 1.45. The fourth-order valence-electron chi connectivity index (χ4n) is 6.00. The van der Waals surface area contributed by atoms with Gasteiger partial charge in [0.05, 0.1) is 17.4 Å². The third kappa shape index (κ3) is 4.45. The quantitative estimate of drug-likeness (QED) is 0.313. The molecule has 4 heterocycles. The van der Waals surface area contributed by atoms with Crippen LogP contribution in [0, 0.1) is 13.8 Å². The van der Waals surface area contributed by atoms with Crippen molar-refractivity contribution < 1.29 is 8.42 Å². The van der Waals surface area contributed by atoms with E-state index in [1.54, 1.807) is 35.9 Å². The first-order chi connectivity index (χ1) is 19.2. The molecule has 0 amide bonds. The van der Waals surface area contributed by atoms with Gasteiger partial charge in [0, 0.05) is 55.6 Å². The molecule has 0 N–H and O–H groups in total. The zero-order valence-electron chi connectivity index (χ0n) is 22.8. The number of benzene rings is 2. The van der Waals surface area contributed by atoms with Crippen molar-refractivity contribution in [2.45, 2.75) is 37.0 Å². The molecule has 40 heavy (non-hydrogen) atoms. The summed E-state index contributed by atoms with van der Waals surface area (Å²) >= 11 is 0. The standard InChI is InChI=1S/C31H31N5O3S/c1-22-11-13-32-19-29(22)40(38,39)35-14-12-31(21-35,17-24-7-5-4-6-8-24)27-16-25-18-33-36(28(25)15-23(27)2)26-9-10-30(37)34(3)20-26/h4-11,13,15-16,18-20H,12,14,17,21H2,1-3H3. The lowest BCUT2D eigenvalue weighted by Gasteiger charge is -2.32. The zero-order valence-corrected chi connectivity index (χ0v) is 23.6. The summed E-state index contributed by atoms with van der Waals surface area (Å²) in [5.41, 5.74) is 5.30. The van der Waals surface area contributed by atoms with E-state index >= 15 is 0 Å². The maximum Gasteiger partial charge on any atom is 0.250 e.